The molecule has 1 aromatic heterocycles. The molecular formula is C24H26N4O3. The molecule has 0 fully saturated rings. The standard InChI is InChI=1S/C24H26N4O3/c1-31-20-11-5-9-19(15-20)17-27-13-14-28-22(24(27)30)16-21(26-28)23(29)25-12-6-10-18-7-3-2-4-8-18/h2-5,7-9,11,15-16H,6,10,12-14,17H2,1H3,(H,25,29). The van der Waals surface area contributed by atoms with Crippen LogP contribution in [0.3, 0.4) is 0 Å². The minimum Gasteiger partial charge on any atom is -0.497 e. The number of nitrogens with zero attached hydrogens (tertiary/aromatic N) is 3. The first-order valence-electron chi connectivity index (χ1n) is 10.5. The minimum atomic E-state index is -0.248. The van der Waals surface area contributed by atoms with Crippen molar-refractivity contribution in [1.82, 2.24) is 20.0 Å². The van der Waals surface area contributed by atoms with Gasteiger partial charge in [0.1, 0.15) is 11.4 Å². The van der Waals surface area contributed by atoms with E-state index in [1.54, 1.807) is 22.8 Å². The Hall–Kier alpha value is -3.61. The number of benzene rings is 2. The summed E-state index contributed by atoms with van der Waals surface area (Å²) < 4.78 is 6.89. The lowest BCUT2D eigenvalue weighted by atomic mass is 10.1. The minimum absolute atomic E-state index is 0.121. The van der Waals surface area contributed by atoms with Crippen molar-refractivity contribution in [3.63, 3.8) is 0 Å². The van der Waals surface area contributed by atoms with E-state index >= 15 is 0 Å². The number of nitrogens with one attached hydrogen (secondary N) is 1. The van der Waals surface area contributed by atoms with Crippen molar-refractivity contribution >= 4 is 11.8 Å². The van der Waals surface area contributed by atoms with Crippen LogP contribution in [0.5, 0.6) is 5.75 Å². The zero-order valence-electron chi connectivity index (χ0n) is 17.6. The van der Waals surface area contributed by atoms with Crippen LogP contribution < -0.4 is 10.1 Å². The molecule has 0 saturated heterocycles. The van der Waals surface area contributed by atoms with Gasteiger partial charge in [0.25, 0.3) is 11.8 Å². The number of amides is 2. The molecule has 0 unspecified atom stereocenters. The molecule has 2 heterocycles. The molecule has 4 rings (SSSR count). The van der Waals surface area contributed by atoms with Gasteiger partial charge in [-0.25, -0.2) is 0 Å². The molecule has 0 radical (unpaired) electrons. The second-order valence-corrected chi connectivity index (χ2v) is 7.56. The molecule has 7 nitrogen and oxygen atoms in total. The van der Waals surface area contributed by atoms with Crippen LogP contribution in [0.1, 0.15) is 38.5 Å². The predicted molar refractivity (Wildman–Crippen MR) is 117 cm³/mol. The highest BCUT2D eigenvalue weighted by atomic mass is 16.5. The first-order valence-corrected chi connectivity index (χ1v) is 10.5. The van der Waals surface area contributed by atoms with Crippen LogP contribution in [-0.4, -0.2) is 46.7 Å². The smallest absolute Gasteiger partial charge is 0.272 e. The highest BCUT2D eigenvalue weighted by Crippen LogP contribution is 2.19. The van der Waals surface area contributed by atoms with Gasteiger partial charge in [-0.2, -0.15) is 5.10 Å². The molecule has 2 amide bonds. The Morgan fingerprint density at radius 1 is 1.06 bits per heavy atom. The van der Waals surface area contributed by atoms with Crippen LogP contribution in [0, 0.1) is 0 Å². The number of carbonyl (C=O) groups is 2. The van der Waals surface area contributed by atoms with Crippen molar-refractivity contribution in [3.05, 3.63) is 83.2 Å². The van der Waals surface area contributed by atoms with Gasteiger partial charge in [-0.15, -0.1) is 0 Å². The number of hydrogen-bond donors (Lipinski definition) is 1. The van der Waals surface area contributed by atoms with E-state index in [1.165, 1.54) is 5.56 Å². The Labute approximate surface area is 181 Å². The fourth-order valence-electron chi connectivity index (χ4n) is 3.72. The van der Waals surface area contributed by atoms with Crippen LogP contribution in [-0.2, 0) is 19.5 Å². The average Bonchev–Trinajstić information content (AvgIpc) is 3.25. The molecule has 2 aromatic carbocycles. The van der Waals surface area contributed by atoms with Crippen LogP contribution in [0.2, 0.25) is 0 Å². The largest absolute Gasteiger partial charge is 0.497 e. The Balaban J connectivity index is 1.34. The topological polar surface area (TPSA) is 76.5 Å². The van der Waals surface area contributed by atoms with E-state index in [2.05, 4.69) is 22.5 Å². The van der Waals surface area contributed by atoms with Gasteiger partial charge >= 0.3 is 0 Å². The molecule has 7 heteroatoms. The van der Waals surface area contributed by atoms with E-state index in [0.717, 1.165) is 24.2 Å². The first-order chi connectivity index (χ1) is 15.1. The van der Waals surface area contributed by atoms with Crippen molar-refractivity contribution in [3.8, 4) is 5.75 Å². The fraction of sp³-hybridized carbons (Fsp3) is 0.292. The highest BCUT2D eigenvalue weighted by molar-refractivity contribution is 5.98. The van der Waals surface area contributed by atoms with E-state index in [0.29, 0.717) is 31.9 Å². The van der Waals surface area contributed by atoms with Gasteiger partial charge in [-0.1, -0.05) is 42.5 Å². The summed E-state index contributed by atoms with van der Waals surface area (Å²) in [5.41, 5.74) is 2.97. The molecule has 3 aromatic rings. The summed E-state index contributed by atoms with van der Waals surface area (Å²) in [6.07, 6.45) is 1.75. The lowest BCUT2D eigenvalue weighted by Crippen LogP contribution is -2.39. The molecule has 0 spiro atoms. The molecule has 1 aliphatic rings. The van der Waals surface area contributed by atoms with Crippen molar-refractivity contribution < 1.29 is 14.3 Å². The SMILES string of the molecule is COc1cccc(CN2CCn3nc(C(=O)NCCCc4ccccc4)cc3C2=O)c1. The first kappa shape index (κ1) is 20.7. The molecule has 0 aliphatic carbocycles. The number of carbonyl (C=O) groups excluding carboxylic acids is 2. The Morgan fingerprint density at radius 2 is 1.87 bits per heavy atom. The highest BCUT2D eigenvalue weighted by Gasteiger charge is 2.28. The number of ether oxygens (including phenoxy) is 1. The van der Waals surface area contributed by atoms with E-state index in [9.17, 15) is 9.59 Å². The number of aryl methyl sites for hydroxylation is 1. The van der Waals surface area contributed by atoms with Gasteiger partial charge in [-0.05, 0) is 36.1 Å². The maximum absolute atomic E-state index is 12.9. The zero-order valence-corrected chi connectivity index (χ0v) is 17.6. The zero-order chi connectivity index (χ0) is 21.6. The summed E-state index contributed by atoms with van der Waals surface area (Å²) in [7, 11) is 1.62. The number of aromatic nitrogens is 2. The Morgan fingerprint density at radius 3 is 2.68 bits per heavy atom. The van der Waals surface area contributed by atoms with Gasteiger partial charge in [0.05, 0.1) is 13.7 Å². The van der Waals surface area contributed by atoms with E-state index < -0.39 is 0 Å². The summed E-state index contributed by atoms with van der Waals surface area (Å²) in [5.74, 6) is 0.394. The fourth-order valence-corrected chi connectivity index (χ4v) is 3.72. The molecule has 1 aliphatic heterocycles. The van der Waals surface area contributed by atoms with Crippen LogP contribution >= 0.6 is 0 Å². The Kier molecular flexibility index (Phi) is 6.31. The molecule has 31 heavy (non-hydrogen) atoms. The average molecular weight is 418 g/mol. The van der Waals surface area contributed by atoms with Crippen LogP contribution in [0.15, 0.2) is 60.7 Å². The van der Waals surface area contributed by atoms with E-state index in [4.69, 9.17) is 4.74 Å². The summed E-state index contributed by atoms with van der Waals surface area (Å²) in [5, 5.41) is 7.25. The summed E-state index contributed by atoms with van der Waals surface area (Å²) in [4.78, 5) is 27.2. The molecule has 1 N–H and O–H groups in total. The van der Waals surface area contributed by atoms with Gasteiger partial charge in [0.15, 0.2) is 5.69 Å². The monoisotopic (exact) mass is 418 g/mol. The maximum Gasteiger partial charge on any atom is 0.272 e. The van der Waals surface area contributed by atoms with Crippen LogP contribution in [0.25, 0.3) is 0 Å². The third kappa shape index (κ3) is 4.94. The van der Waals surface area contributed by atoms with Crippen molar-refractivity contribution in [2.24, 2.45) is 0 Å². The molecule has 0 saturated carbocycles. The van der Waals surface area contributed by atoms with Gasteiger partial charge in [-0.3, -0.25) is 14.3 Å². The third-order valence-corrected chi connectivity index (χ3v) is 5.38. The lowest BCUT2D eigenvalue weighted by molar-refractivity contribution is 0.0683. The quantitative estimate of drug-likeness (QED) is 0.571. The molecule has 160 valence electrons. The summed E-state index contributed by atoms with van der Waals surface area (Å²) in [6.45, 7) is 2.16. The molecule has 0 bridgehead atoms. The molecular weight excluding hydrogens is 392 g/mol. The maximum atomic E-state index is 12.9. The molecule has 0 atom stereocenters. The van der Waals surface area contributed by atoms with Crippen molar-refractivity contribution in [1.29, 1.82) is 0 Å². The number of rotatable bonds is 8. The van der Waals surface area contributed by atoms with Crippen molar-refractivity contribution in [2.75, 3.05) is 20.2 Å². The number of fused-ring (bicyclic) bond motifs is 1. The van der Waals surface area contributed by atoms with Crippen LogP contribution in [0.4, 0.5) is 0 Å². The summed E-state index contributed by atoms with van der Waals surface area (Å²) in [6, 6.07) is 19.4. The number of hydrogen-bond acceptors (Lipinski definition) is 4. The Bertz CT molecular complexity index is 1060. The second-order valence-electron chi connectivity index (χ2n) is 7.56. The van der Waals surface area contributed by atoms with E-state index in [1.807, 2.05) is 42.5 Å². The van der Waals surface area contributed by atoms with Crippen molar-refractivity contribution in [2.45, 2.75) is 25.9 Å². The van der Waals surface area contributed by atoms with E-state index in [-0.39, 0.29) is 17.5 Å². The number of methoxy groups -OCH3 is 1. The predicted octanol–water partition coefficient (Wildman–Crippen LogP) is 2.91. The van der Waals surface area contributed by atoms with Gasteiger partial charge < -0.3 is 15.0 Å². The van der Waals surface area contributed by atoms with Gasteiger partial charge in [0, 0.05) is 25.7 Å². The third-order valence-electron chi connectivity index (χ3n) is 5.38. The van der Waals surface area contributed by atoms with Gasteiger partial charge in [0.2, 0.25) is 0 Å². The summed E-state index contributed by atoms with van der Waals surface area (Å²) >= 11 is 0. The lowest BCUT2D eigenvalue weighted by Gasteiger charge is -2.27. The normalized spacial score (nSPS) is 13.1. The second kappa shape index (κ2) is 9.47.